The maximum absolute atomic E-state index is 10.5. The highest BCUT2D eigenvalue weighted by Crippen LogP contribution is 2.56. The quantitative estimate of drug-likeness (QED) is 0.183. The Morgan fingerprint density at radius 2 is 1.87 bits per heavy atom. The molecule has 212 valence electrons. The van der Waals surface area contributed by atoms with Gasteiger partial charge in [0.2, 0.25) is 0 Å². The Balaban J connectivity index is 1.72. The number of hydrogen-bond acceptors (Lipinski definition) is 10. The summed E-state index contributed by atoms with van der Waals surface area (Å²) in [6, 6.07) is 5.18. The fraction of sp³-hybridized carbons (Fsp3) is 0.536. The molecule has 1 aliphatic heterocycles. The number of methoxy groups -OCH3 is 2. The van der Waals surface area contributed by atoms with Crippen molar-refractivity contribution in [3.8, 4) is 17.1 Å². The van der Waals surface area contributed by atoms with E-state index in [4.69, 9.17) is 41.2 Å². The molecule has 39 heavy (non-hydrogen) atoms. The number of aliphatic hydroxyl groups is 2. The lowest BCUT2D eigenvalue weighted by Gasteiger charge is -2.63. The van der Waals surface area contributed by atoms with Crippen LogP contribution >= 0.6 is 11.6 Å². The van der Waals surface area contributed by atoms with Gasteiger partial charge in [-0.2, -0.15) is 0 Å². The zero-order valence-electron chi connectivity index (χ0n) is 23.4. The monoisotopic (exact) mass is 559 g/mol. The summed E-state index contributed by atoms with van der Waals surface area (Å²) in [6.45, 7) is 7.14. The van der Waals surface area contributed by atoms with Gasteiger partial charge in [-0.1, -0.05) is 11.6 Å². The summed E-state index contributed by atoms with van der Waals surface area (Å²) in [6.07, 6.45) is 0.940. The molecule has 1 aromatic heterocycles. The molecule has 1 aliphatic carbocycles. The molecular formula is C28H38ClN5O5. The average molecular weight is 560 g/mol. The number of nitrogens with one attached hydrogen (secondary N) is 2. The van der Waals surface area contributed by atoms with E-state index < -0.39 is 11.9 Å². The summed E-state index contributed by atoms with van der Waals surface area (Å²) in [5.74, 6) is 1.07. The molecule has 1 atom stereocenters. The van der Waals surface area contributed by atoms with Gasteiger partial charge in [-0.15, -0.1) is 0 Å². The summed E-state index contributed by atoms with van der Waals surface area (Å²) < 4.78 is 17.0. The highest BCUT2D eigenvalue weighted by Gasteiger charge is 2.61. The van der Waals surface area contributed by atoms with Crippen LogP contribution in [0.25, 0.3) is 17.0 Å². The van der Waals surface area contributed by atoms with E-state index in [0.717, 1.165) is 37.3 Å². The number of ether oxygens (including phenoxy) is 3. The topological polar surface area (TPSA) is 133 Å². The van der Waals surface area contributed by atoms with E-state index in [1.165, 1.54) is 0 Å². The normalized spacial score (nSPS) is 18.7. The first kappa shape index (κ1) is 29.2. The molecule has 2 heterocycles. The van der Waals surface area contributed by atoms with Crippen LogP contribution in [0.5, 0.6) is 5.75 Å². The molecule has 2 fully saturated rings. The molecule has 0 amide bonds. The molecule has 10 nitrogen and oxygen atoms in total. The van der Waals surface area contributed by atoms with Gasteiger partial charge in [0.15, 0.2) is 11.6 Å². The van der Waals surface area contributed by atoms with Crippen molar-refractivity contribution in [3.63, 3.8) is 0 Å². The summed E-state index contributed by atoms with van der Waals surface area (Å²) in [5, 5.41) is 32.2. The zero-order valence-corrected chi connectivity index (χ0v) is 24.1. The van der Waals surface area contributed by atoms with Crippen LogP contribution in [0.3, 0.4) is 0 Å². The van der Waals surface area contributed by atoms with Crippen LogP contribution in [0.1, 0.15) is 37.9 Å². The van der Waals surface area contributed by atoms with E-state index in [-0.39, 0.29) is 23.5 Å². The fourth-order valence-electron chi connectivity index (χ4n) is 5.65. The van der Waals surface area contributed by atoms with Gasteiger partial charge in [0.25, 0.3) is 0 Å². The molecule has 4 N–H and O–H groups in total. The van der Waals surface area contributed by atoms with E-state index >= 15 is 0 Å². The van der Waals surface area contributed by atoms with Crippen molar-refractivity contribution in [2.75, 3.05) is 52.4 Å². The summed E-state index contributed by atoms with van der Waals surface area (Å²) in [4.78, 5) is 11.9. The summed E-state index contributed by atoms with van der Waals surface area (Å²) in [7, 11) is 5.11. The summed E-state index contributed by atoms with van der Waals surface area (Å²) in [5.41, 5.74) is 2.44. The highest BCUT2D eigenvalue weighted by atomic mass is 35.5. The van der Waals surface area contributed by atoms with Gasteiger partial charge in [-0.05, 0) is 46.0 Å². The molecule has 0 bridgehead atoms. The Hall–Kier alpha value is -2.76. The molecule has 4 rings (SSSR count). The van der Waals surface area contributed by atoms with E-state index in [1.807, 2.05) is 6.92 Å². The SMILES string of the molecule is CNC[C@@H](O)COc1ccc(Cl)c(-c2nc(/C(C(C)=N)=C(\C)O)c(C)c(N3CC4(C3)CC(OC)(OC)C4)n2)c1. The van der Waals surface area contributed by atoms with Crippen molar-refractivity contribution in [3.05, 3.63) is 40.2 Å². The zero-order chi connectivity index (χ0) is 28.5. The number of benzene rings is 1. The van der Waals surface area contributed by atoms with Crippen LogP contribution in [0.2, 0.25) is 5.02 Å². The number of halogens is 1. The molecule has 1 saturated heterocycles. The third-order valence-electron chi connectivity index (χ3n) is 7.54. The van der Waals surface area contributed by atoms with Crippen molar-refractivity contribution >= 4 is 28.7 Å². The fourth-order valence-corrected chi connectivity index (χ4v) is 5.85. The van der Waals surface area contributed by atoms with E-state index in [9.17, 15) is 10.2 Å². The summed E-state index contributed by atoms with van der Waals surface area (Å²) >= 11 is 6.62. The Morgan fingerprint density at radius 3 is 2.44 bits per heavy atom. The first-order valence-corrected chi connectivity index (χ1v) is 13.3. The third-order valence-corrected chi connectivity index (χ3v) is 7.87. The van der Waals surface area contributed by atoms with Crippen molar-refractivity contribution in [2.24, 2.45) is 5.41 Å². The Bertz CT molecular complexity index is 1260. The smallest absolute Gasteiger partial charge is 0.168 e. The predicted octanol–water partition coefficient (Wildman–Crippen LogP) is 3.98. The largest absolute Gasteiger partial charge is 0.512 e. The number of anilines is 1. The standard InChI is InChI=1S/C28H38ClN5O5/c1-16-24(23(17(2)30)18(3)35)32-25(21-9-20(7-8-22(21)29)39-11-19(36)10-31-4)33-26(16)34-14-27(15-34)12-28(13-27,37-5)38-6/h7-9,19,30-31,35-36H,10-15H2,1-6H3/b23-18+,30-17?/t19-/m1/s1. The minimum Gasteiger partial charge on any atom is -0.512 e. The van der Waals surface area contributed by atoms with Crippen molar-refractivity contribution < 1.29 is 24.4 Å². The van der Waals surface area contributed by atoms with E-state index in [0.29, 0.717) is 40.0 Å². The molecule has 0 unspecified atom stereocenters. The Labute approximate surface area is 234 Å². The van der Waals surface area contributed by atoms with Crippen LogP contribution in [-0.2, 0) is 9.47 Å². The second-order valence-electron chi connectivity index (χ2n) is 10.6. The van der Waals surface area contributed by atoms with Crippen molar-refractivity contribution in [1.82, 2.24) is 15.3 Å². The highest BCUT2D eigenvalue weighted by molar-refractivity contribution is 6.33. The molecular weight excluding hydrogens is 522 g/mol. The first-order valence-electron chi connectivity index (χ1n) is 12.9. The van der Waals surface area contributed by atoms with Gasteiger partial charge in [-0.3, -0.25) is 0 Å². The first-order chi connectivity index (χ1) is 18.5. The van der Waals surface area contributed by atoms with Crippen LogP contribution < -0.4 is 15.0 Å². The maximum atomic E-state index is 10.5. The van der Waals surface area contributed by atoms with E-state index in [1.54, 1.807) is 53.3 Å². The second-order valence-corrected chi connectivity index (χ2v) is 11.0. The number of aromatic nitrogens is 2. The number of likely N-dealkylation sites (N-methyl/N-ethyl adjacent to an activating group) is 1. The Kier molecular flexibility index (Phi) is 8.53. The minimum atomic E-state index is -0.668. The van der Waals surface area contributed by atoms with Crippen molar-refractivity contribution in [1.29, 1.82) is 5.41 Å². The molecule has 2 aliphatic rings. The number of nitrogens with zero attached hydrogens (tertiary/aromatic N) is 3. The number of allylic oxidation sites excluding steroid dienone is 2. The van der Waals surface area contributed by atoms with Gasteiger partial charge in [0.05, 0.1) is 16.3 Å². The van der Waals surface area contributed by atoms with Gasteiger partial charge in [0.1, 0.15) is 30.0 Å². The molecule has 1 aromatic carbocycles. The molecule has 11 heteroatoms. The number of hydrogen-bond donors (Lipinski definition) is 4. The molecule has 0 radical (unpaired) electrons. The molecule has 2 aromatic rings. The third kappa shape index (κ3) is 5.76. The number of aliphatic hydroxyl groups excluding tert-OH is 2. The number of rotatable bonds is 11. The van der Waals surface area contributed by atoms with Crippen LogP contribution in [0.4, 0.5) is 5.82 Å². The van der Waals surface area contributed by atoms with Crippen LogP contribution in [0.15, 0.2) is 24.0 Å². The maximum Gasteiger partial charge on any atom is 0.168 e. The van der Waals surface area contributed by atoms with Crippen LogP contribution in [-0.4, -0.2) is 85.3 Å². The van der Waals surface area contributed by atoms with Crippen molar-refractivity contribution in [2.45, 2.75) is 45.5 Å². The lowest BCUT2D eigenvalue weighted by Crippen LogP contribution is -2.69. The predicted molar refractivity (Wildman–Crippen MR) is 152 cm³/mol. The lowest BCUT2D eigenvalue weighted by molar-refractivity contribution is -0.301. The van der Waals surface area contributed by atoms with Gasteiger partial charge in [-0.25, -0.2) is 9.97 Å². The average Bonchev–Trinajstić information content (AvgIpc) is 2.84. The van der Waals surface area contributed by atoms with E-state index in [2.05, 4.69) is 10.2 Å². The molecule has 1 spiro atoms. The lowest BCUT2D eigenvalue weighted by atomic mass is 9.59. The van der Waals surface area contributed by atoms with Gasteiger partial charge in [0, 0.05) is 68.9 Å². The Morgan fingerprint density at radius 1 is 1.21 bits per heavy atom. The minimum absolute atomic E-state index is 0.00643. The van der Waals surface area contributed by atoms with Gasteiger partial charge >= 0.3 is 0 Å². The second kappa shape index (κ2) is 11.4. The van der Waals surface area contributed by atoms with Gasteiger partial charge < -0.3 is 40.0 Å². The van der Waals surface area contributed by atoms with Crippen LogP contribution in [0, 0.1) is 17.7 Å². The molecule has 1 saturated carbocycles.